The molecule has 0 spiro atoms. The highest BCUT2D eigenvalue weighted by atomic mass is 35.5. The number of piperazine rings is 1. The molecule has 3 heterocycles. The Balaban J connectivity index is 1.22. The minimum atomic E-state index is -0.369. The fraction of sp³-hybridized carbons (Fsp3) is 0.346. The highest BCUT2D eigenvalue weighted by molar-refractivity contribution is 6.31. The third kappa shape index (κ3) is 4.57. The number of hydrogen-bond donors (Lipinski definition) is 0. The molecule has 2 aliphatic rings. The lowest BCUT2D eigenvalue weighted by atomic mass is 9.95. The zero-order chi connectivity index (χ0) is 23.7. The van der Waals surface area contributed by atoms with Crippen molar-refractivity contribution in [2.24, 2.45) is 5.92 Å². The summed E-state index contributed by atoms with van der Waals surface area (Å²) in [5, 5.41) is 1.71. The van der Waals surface area contributed by atoms with Gasteiger partial charge in [0.05, 0.1) is 11.4 Å². The second kappa shape index (κ2) is 9.58. The van der Waals surface area contributed by atoms with Crippen molar-refractivity contribution in [3.63, 3.8) is 0 Å². The van der Waals surface area contributed by atoms with Gasteiger partial charge in [-0.2, -0.15) is 0 Å². The molecule has 2 amide bonds. The maximum atomic E-state index is 13.3. The molecule has 1 aromatic heterocycles. The molecule has 6 nitrogen and oxygen atoms in total. The molecule has 0 saturated carbocycles. The first-order valence-corrected chi connectivity index (χ1v) is 12.0. The van der Waals surface area contributed by atoms with Crippen molar-refractivity contribution in [2.75, 3.05) is 44.2 Å². The first kappa shape index (κ1) is 22.6. The van der Waals surface area contributed by atoms with Crippen LogP contribution >= 0.6 is 11.6 Å². The quantitative estimate of drug-likeness (QED) is 0.563. The second-order valence-corrected chi connectivity index (χ2v) is 9.34. The predicted molar refractivity (Wildman–Crippen MR) is 131 cm³/mol. The van der Waals surface area contributed by atoms with E-state index in [2.05, 4.69) is 9.88 Å². The van der Waals surface area contributed by atoms with Crippen molar-refractivity contribution in [2.45, 2.75) is 12.8 Å². The number of likely N-dealkylation sites (tertiary alicyclic amines) is 1. The number of piperidine rings is 1. The van der Waals surface area contributed by atoms with Crippen molar-refractivity contribution in [1.82, 2.24) is 14.8 Å². The number of halogens is 2. The van der Waals surface area contributed by atoms with E-state index < -0.39 is 0 Å². The van der Waals surface area contributed by atoms with Crippen LogP contribution in [0.4, 0.5) is 10.1 Å². The van der Waals surface area contributed by atoms with E-state index in [-0.39, 0.29) is 23.5 Å². The molecule has 0 radical (unpaired) electrons. The van der Waals surface area contributed by atoms with Crippen LogP contribution < -0.4 is 4.90 Å². The second-order valence-electron chi connectivity index (χ2n) is 8.90. The molecule has 34 heavy (non-hydrogen) atoms. The topological polar surface area (TPSA) is 56.8 Å². The van der Waals surface area contributed by atoms with Crippen LogP contribution in [0.5, 0.6) is 0 Å². The number of carbonyl (C=O) groups is 2. The number of amides is 2. The summed E-state index contributed by atoms with van der Waals surface area (Å²) in [5.74, 6) is -0.603. The van der Waals surface area contributed by atoms with Gasteiger partial charge in [-0.05, 0) is 61.4 Å². The average Bonchev–Trinajstić information content (AvgIpc) is 2.88. The summed E-state index contributed by atoms with van der Waals surface area (Å²) in [5.41, 5.74) is 2.41. The van der Waals surface area contributed by atoms with Gasteiger partial charge in [0.15, 0.2) is 0 Å². The van der Waals surface area contributed by atoms with Crippen molar-refractivity contribution in [3.8, 4) is 0 Å². The smallest absolute Gasteiger partial charge is 0.253 e. The zero-order valence-corrected chi connectivity index (χ0v) is 19.5. The Kier molecular flexibility index (Phi) is 6.37. The Morgan fingerprint density at radius 1 is 0.941 bits per heavy atom. The lowest BCUT2D eigenvalue weighted by molar-refractivity contribution is -0.137. The highest BCUT2D eigenvalue weighted by Gasteiger charge is 2.33. The first-order valence-electron chi connectivity index (χ1n) is 11.6. The standard InChI is InChI=1S/C26H26ClFN4O2/c27-20-5-8-22-23(16-20)29-10-9-24(22)30-12-14-31(15-13-30)26(34)19-2-1-11-32(17-19)25(33)18-3-6-21(28)7-4-18/h3-10,16,19H,1-2,11-15,17H2. The number of carbonyl (C=O) groups excluding carboxylic acids is 2. The molecule has 2 fully saturated rings. The number of aromatic nitrogens is 1. The molecule has 0 bridgehead atoms. The summed E-state index contributed by atoms with van der Waals surface area (Å²) in [6, 6.07) is 13.3. The van der Waals surface area contributed by atoms with E-state index in [9.17, 15) is 14.0 Å². The Bertz CT molecular complexity index is 1210. The van der Waals surface area contributed by atoms with E-state index in [0.29, 0.717) is 36.8 Å². The monoisotopic (exact) mass is 480 g/mol. The summed E-state index contributed by atoms with van der Waals surface area (Å²) in [4.78, 5) is 36.5. The molecule has 2 saturated heterocycles. The van der Waals surface area contributed by atoms with Crippen molar-refractivity contribution in [3.05, 3.63) is 71.1 Å². The Morgan fingerprint density at radius 2 is 1.71 bits per heavy atom. The number of rotatable bonds is 3. The normalized spacial score (nSPS) is 18.9. The maximum Gasteiger partial charge on any atom is 0.253 e. The molecule has 176 valence electrons. The number of anilines is 1. The van der Waals surface area contributed by atoms with Crippen LogP contribution in [0.3, 0.4) is 0 Å². The largest absolute Gasteiger partial charge is 0.367 e. The van der Waals surface area contributed by atoms with Crippen LogP contribution in [-0.4, -0.2) is 65.9 Å². The third-order valence-corrected chi connectivity index (χ3v) is 7.00. The van der Waals surface area contributed by atoms with Gasteiger partial charge in [-0.1, -0.05) is 11.6 Å². The van der Waals surface area contributed by atoms with Gasteiger partial charge < -0.3 is 14.7 Å². The van der Waals surface area contributed by atoms with E-state index in [1.165, 1.54) is 24.3 Å². The fourth-order valence-electron chi connectivity index (χ4n) is 4.95. The summed E-state index contributed by atoms with van der Waals surface area (Å²) < 4.78 is 13.2. The van der Waals surface area contributed by atoms with Gasteiger partial charge in [-0.3, -0.25) is 14.6 Å². The van der Waals surface area contributed by atoms with Gasteiger partial charge in [-0.25, -0.2) is 4.39 Å². The molecular formula is C26H26ClFN4O2. The van der Waals surface area contributed by atoms with Gasteiger partial charge in [0.25, 0.3) is 5.91 Å². The number of fused-ring (bicyclic) bond motifs is 1. The lowest BCUT2D eigenvalue weighted by Gasteiger charge is -2.40. The number of nitrogens with zero attached hydrogens (tertiary/aromatic N) is 4. The summed E-state index contributed by atoms with van der Waals surface area (Å²) in [6.07, 6.45) is 3.36. The van der Waals surface area contributed by atoms with Crippen molar-refractivity contribution in [1.29, 1.82) is 0 Å². The minimum Gasteiger partial charge on any atom is -0.367 e. The van der Waals surface area contributed by atoms with Crippen LogP contribution in [0.2, 0.25) is 5.02 Å². The first-order chi connectivity index (χ1) is 16.5. The molecule has 2 aromatic carbocycles. The SMILES string of the molecule is O=C(c1ccc(F)cc1)N1CCCC(C(=O)N2CCN(c3ccnc4cc(Cl)ccc34)CC2)C1. The van der Waals surface area contributed by atoms with E-state index in [1.54, 1.807) is 11.1 Å². The van der Waals surface area contributed by atoms with Crippen LogP contribution in [0.15, 0.2) is 54.7 Å². The number of benzene rings is 2. The summed E-state index contributed by atoms with van der Waals surface area (Å²) >= 11 is 6.12. The molecule has 8 heteroatoms. The fourth-order valence-corrected chi connectivity index (χ4v) is 5.11. The van der Waals surface area contributed by atoms with Crippen LogP contribution in [0.25, 0.3) is 10.9 Å². The average molecular weight is 481 g/mol. The highest BCUT2D eigenvalue weighted by Crippen LogP contribution is 2.29. The van der Waals surface area contributed by atoms with Crippen LogP contribution in [0, 0.1) is 11.7 Å². The Hall–Kier alpha value is -3.19. The van der Waals surface area contributed by atoms with Gasteiger partial charge in [0.1, 0.15) is 5.82 Å². The zero-order valence-electron chi connectivity index (χ0n) is 18.8. The van der Waals surface area contributed by atoms with E-state index in [4.69, 9.17) is 11.6 Å². The molecule has 1 atom stereocenters. The molecule has 2 aliphatic heterocycles. The maximum absolute atomic E-state index is 13.3. The van der Waals surface area contributed by atoms with Gasteiger partial charge >= 0.3 is 0 Å². The van der Waals surface area contributed by atoms with E-state index in [0.717, 1.165) is 42.5 Å². The van der Waals surface area contributed by atoms with E-state index >= 15 is 0 Å². The molecular weight excluding hydrogens is 455 g/mol. The Morgan fingerprint density at radius 3 is 2.47 bits per heavy atom. The predicted octanol–water partition coefficient (Wildman–Crippen LogP) is 4.23. The molecule has 0 aliphatic carbocycles. The van der Waals surface area contributed by atoms with Crippen LogP contribution in [0.1, 0.15) is 23.2 Å². The third-order valence-electron chi connectivity index (χ3n) is 6.76. The minimum absolute atomic E-state index is 0.114. The molecule has 5 rings (SSSR count). The van der Waals surface area contributed by atoms with Crippen molar-refractivity contribution < 1.29 is 14.0 Å². The van der Waals surface area contributed by atoms with Gasteiger partial charge in [0.2, 0.25) is 5.91 Å². The molecule has 1 unspecified atom stereocenters. The van der Waals surface area contributed by atoms with Crippen LogP contribution in [-0.2, 0) is 4.79 Å². The van der Waals surface area contributed by atoms with Gasteiger partial charge in [-0.15, -0.1) is 0 Å². The van der Waals surface area contributed by atoms with E-state index in [1.807, 2.05) is 29.2 Å². The number of pyridine rings is 1. The van der Waals surface area contributed by atoms with Crippen molar-refractivity contribution >= 4 is 40.0 Å². The summed E-state index contributed by atoms with van der Waals surface area (Å²) in [7, 11) is 0. The Labute approximate surface area is 202 Å². The summed E-state index contributed by atoms with van der Waals surface area (Å²) in [6.45, 7) is 3.77. The lowest BCUT2D eigenvalue weighted by Crippen LogP contribution is -2.53. The molecule has 3 aromatic rings. The molecule has 0 N–H and O–H groups in total. The number of hydrogen-bond acceptors (Lipinski definition) is 4. The van der Waals surface area contributed by atoms with Gasteiger partial charge in [0, 0.05) is 67.1 Å².